The van der Waals surface area contributed by atoms with Gasteiger partial charge >= 0.3 is 0 Å². The van der Waals surface area contributed by atoms with Crippen LogP contribution in [0.15, 0.2) is 12.4 Å². The highest BCUT2D eigenvalue weighted by Gasteiger charge is 2.18. The molecule has 0 saturated carbocycles. The van der Waals surface area contributed by atoms with Crippen molar-refractivity contribution >= 4 is 5.91 Å². The highest BCUT2D eigenvalue weighted by atomic mass is 16.1. The minimum Gasteiger partial charge on any atom is -0.352 e. The van der Waals surface area contributed by atoms with Crippen LogP contribution >= 0.6 is 0 Å². The molecule has 0 aromatic carbocycles. The van der Waals surface area contributed by atoms with Gasteiger partial charge in [0, 0.05) is 19.3 Å². The minimum absolute atomic E-state index is 0.0269. The summed E-state index contributed by atoms with van der Waals surface area (Å²) in [5.41, 5.74) is 0.542. The van der Waals surface area contributed by atoms with Crippen LogP contribution < -0.4 is 5.32 Å². The highest BCUT2D eigenvalue weighted by Crippen LogP contribution is 2.13. The molecule has 2 heterocycles. The zero-order valence-electron chi connectivity index (χ0n) is 14.4. The van der Waals surface area contributed by atoms with Crippen molar-refractivity contribution < 1.29 is 4.79 Å². The predicted molar refractivity (Wildman–Crippen MR) is 89.0 cm³/mol. The second kappa shape index (κ2) is 7.27. The van der Waals surface area contributed by atoms with Crippen molar-refractivity contribution in [3.05, 3.63) is 18.0 Å². The third-order valence-electron chi connectivity index (χ3n) is 4.16. The van der Waals surface area contributed by atoms with Gasteiger partial charge in [0.2, 0.25) is 0 Å². The molecule has 22 heavy (non-hydrogen) atoms. The first-order valence-corrected chi connectivity index (χ1v) is 8.42. The molecule has 5 heteroatoms. The van der Waals surface area contributed by atoms with E-state index in [-0.39, 0.29) is 11.4 Å². The molecule has 1 N–H and O–H groups in total. The Morgan fingerprint density at radius 1 is 1.32 bits per heavy atom. The minimum atomic E-state index is -0.0971. The van der Waals surface area contributed by atoms with Crippen LogP contribution in [0.2, 0.25) is 0 Å². The third kappa shape index (κ3) is 4.83. The molecule has 1 amide bonds. The fourth-order valence-electron chi connectivity index (χ4n) is 2.82. The van der Waals surface area contributed by atoms with E-state index in [4.69, 9.17) is 0 Å². The zero-order valence-corrected chi connectivity index (χ0v) is 14.4. The van der Waals surface area contributed by atoms with Crippen molar-refractivity contribution in [3.8, 4) is 0 Å². The lowest BCUT2D eigenvalue weighted by atomic mass is 10.1. The number of carbonyl (C=O) groups excluding carboxylic acids is 1. The summed E-state index contributed by atoms with van der Waals surface area (Å²) in [5, 5.41) is 7.31. The van der Waals surface area contributed by atoms with Gasteiger partial charge in [-0.3, -0.25) is 9.48 Å². The average Bonchev–Trinajstić information content (AvgIpc) is 2.96. The maximum absolute atomic E-state index is 12.2. The van der Waals surface area contributed by atoms with Gasteiger partial charge < -0.3 is 10.2 Å². The van der Waals surface area contributed by atoms with E-state index in [9.17, 15) is 4.79 Å². The number of rotatable bonds is 5. The molecule has 0 aliphatic carbocycles. The van der Waals surface area contributed by atoms with Crippen LogP contribution in [0.5, 0.6) is 0 Å². The third-order valence-corrected chi connectivity index (χ3v) is 4.16. The van der Waals surface area contributed by atoms with E-state index in [1.165, 1.54) is 32.4 Å². The Bertz CT molecular complexity index is 483. The van der Waals surface area contributed by atoms with E-state index in [0.717, 1.165) is 13.1 Å². The molecule has 1 saturated heterocycles. The number of nitrogens with zero attached hydrogens (tertiary/aromatic N) is 3. The molecular weight excluding hydrogens is 276 g/mol. The second-order valence-corrected chi connectivity index (χ2v) is 7.52. The first-order chi connectivity index (χ1) is 10.4. The molecular formula is C17H30N4O. The van der Waals surface area contributed by atoms with Gasteiger partial charge in [-0.15, -0.1) is 0 Å². The standard InChI is InChI=1S/C17H30N4O/c1-14(12-20-8-6-5-7-9-20)10-18-16(22)15-11-19-21(13-15)17(2,3)4/h11,13-14H,5-10,12H2,1-4H3,(H,18,22)/t14-/m0/s1. The topological polar surface area (TPSA) is 50.2 Å². The first kappa shape index (κ1) is 17.0. The van der Waals surface area contributed by atoms with Gasteiger partial charge in [-0.25, -0.2) is 0 Å². The van der Waals surface area contributed by atoms with Gasteiger partial charge in [0.05, 0.1) is 17.3 Å². The second-order valence-electron chi connectivity index (χ2n) is 7.52. The number of hydrogen-bond acceptors (Lipinski definition) is 3. The summed E-state index contributed by atoms with van der Waals surface area (Å²) in [6.07, 6.45) is 7.45. The maximum atomic E-state index is 12.2. The number of piperidine rings is 1. The highest BCUT2D eigenvalue weighted by molar-refractivity contribution is 5.93. The Balaban J connectivity index is 1.78. The lowest BCUT2D eigenvalue weighted by molar-refractivity contribution is 0.0942. The number of amides is 1. The SMILES string of the molecule is C[C@@H](CNC(=O)c1cnn(C(C)(C)C)c1)CN1CCCCC1. The van der Waals surface area contributed by atoms with E-state index in [1.54, 1.807) is 6.20 Å². The monoisotopic (exact) mass is 306 g/mol. The molecule has 1 aromatic heterocycles. The maximum Gasteiger partial charge on any atom is 0.254 e. The molecule has 1 aliphatic heterocycles. The molecule has 0 bridgehead atoms. The smallest absolute Gasteiger partial charge is 0.254 e. The molecule has 1 aliphatic rings. The van der Waals surface area contributed by atoms with Gasteiger partial charge in [0.25, 0.3) is 5.91 Å². The zero-order chi connectivity index (χ0) is 16.2. The van der Waals surface area contributed by atoms with Gasteiger partial charge in [0.15, 0.2) is 0 Å². The van der Waals surface area contributed by atoms with Crippen LogP contribution in [0.3, 0.4) is 0 Å². The Morgan fingerprint density at radius 2 is 2.00 bits per heavy atom. The molecule has 0 radical (unpaired) electrons. The van der Waals surface area contributed by atoms with Crippen LogP contribution in [0, 0.1) is 5.92 Å². The number of likely N-dealkylation sites (tertiary alicyclic amines) is 1. The van der Waals surface area contributed by atoms with Crippen LogP contribution in [-0.4, -0.2) is 46.8 Å². The van der Waals surface area contributed by atoms with Gasteiger partial charge in [-0.1, -0.05) is 13.3 Å². The van der Waals surface area contributed by atoms with Gasteiger partial charge in [-0.2, -0.15) is 5.10 Å². The molecule has 1 aromatic rings. The van der Waals surface area contributed by atoms with E-state index < -0.39 is 0 Å². The van der Waals surface area contributed by atoms with Crippen molar-refractivity contribution in [2.75, 3.05) is 26.2 Å². The normalized spacial score (nSPS) is 18.2. The van der Waals surface area contributed by atoms with E-state index in [1.807, 2.05) is 10.9 Å². The van der Waals surface area contributed by atoms with Crippen LogP contribution in [0.4, 0.5) is 0 Å². The molecule has 0 unspecified atom stereocenters. The largest absolute Gasteiger partial charge is 0.352 e. The summed E-state index contributed by atoms with van der Waals surface area (Å²) in [4.78, 5) is 14.7. The number of carbonyl (C=O) groups is 1. The lowest BCUT2D eigenvalue weighted by Crippen LogP contribution is -2.38. The molecule has 124 valence electrons. The van der Waals surface area contributed by atoms with Crippen molar-refractivity contribution in [3.63, 3.8) is 0 Å². The number of aromatic nitrogens is 2. The van der Waals surface area contributed by atoms with Crippen LogP contribution in [0.25, 0.3) is 0 Å². The molecule has 2 rings (SSSR count). The van der Waals surface area contributed by atoms with Gasteiger partial charge in [-0.05, 0) is 52.6 Å². The fourth-order valence-corrected chi connectivity index (χ4v) is 2.82. The summed E-state index contributed by atoms with van der Waals surface area (Å²) in [6, 6.07) is 0. The number of hydrogen-bond donors (Lipinski definition) is 1. The Kier molecular flexibility index (Phi) is 5.62. The van der Waals surface area contributed by atoms with E-state index in [2.05, 4.69) is 43.0 Å². The van der Waals surface area contributed by atoms with Crippen molar-refractivity contribution in [2.45, 2.75) is 52.5 Å². The summed E-state index contributed by atoms with van der Waals surface area (Å²) in [5.74, 6) is 0.445. The average molecular weight is 306 g/mol. The lowest BCUT2D eigenvalue weighted by Gasteiger charge is -2.29. The van der Waals surface area contributed by atoms with Crippen molar-refractivity contribution in [2.24, 2.45) is 5.92 Å². The predicted octanol–water partition coefficient (Wildman–Crippen LogP) is 2.49. The van der Waals surface area contributed by atoms with Crippen LogP contribution in [-0.2, 0) is 5.54 Å². The van der Waals surface area contributed by atoms with Gasteiger partial charge in [0.1, 0.15) is 0 Å². The number of nitrogens with one attached hydrogen (secondary N) is 1. The first-order valence-electron chi connectivity index (χ1n) is 8.42. The van der Waals surface area contributed by atoms with Crippen molar-refractivity contribution in [1.29, 1.82) is 0 Å². The van der Waals surface area contributed by atoms with E-state index >= 15 is 0 Å². The Morgan fingerprint density at radius 3 is 2.59 bits per heavy atom. The summed E-state index contributed by atoms with van der Waals surface area (Å²) in [6.45, 7) is 12.6. The molecule has 0 spiro atoms. The Hall–Kier alpha value is -1.36. The summed E-state index contributed by atoms with van der Waals surface area (Å²) >= 11 is 0. The fraction of sp³-hybridized carbons (Fsp3) is 0.765. The summed E-state index contributed by atoms with van der Waals surface area (Å²) < 4.78 is 1.83. The Labute approximate surface area is 134 Å². The van der Waals surface area contributed by atoms with Crippen LogP contribution in [0.1, 0.15) is 57.3 Å². The van der Waals surface area contributed by atoms with E-state index in [0.29, 0.717) is 11.5 Å². The summed E-state index contributed by atoms with van der Waals surface area (Å²) in [7, 11) is 0. The van der Waals surface area contributed by atoms with Crippen molar-refractivity contribution in [1.82, 2.24) is 20.0 Å². The molecule has 5 nitrogen and oxygen atoms in total. The quantitative estimate of drug-likeness (QED) is 0.909. The molecule has 1 fully saturated rings. The molecule has 1 atom stereocenters.